The van der Waals surface area contributed by atoms with Gasteiger partial charge in [0, 0.05) is 111 Å². The van der Waals surface area contributed by atoms with Gasteiger partial charge in [-0.05, 0) is 32.5 Å². The molecule has 0 rings (SSSR count). The summed E-state index contributed by atoms with van der Waals surface area (Å²) in [6.07, 6.45) is 0. The van der Waals surface area contributed by atoms with Gasteiger partial charge in [-0.2, -0.15) is 0 Å². The van der Waals surface area contributed by atoms with Gasteiger partial charge in [0.15, 0.2) is 0 Å². The molecule has 0 amide bonds. The molecule has 0 aromatic carbocycles. The maximum Gasteiger partial charge on any atom is 0 e. The monoisotopic (exact) mass is 1170 g/mol. The summed E-state index contributed by atoms with van der Waals surface area (Å²) >= 11 is 0. The molecule has 0 unspecified atom stereocenters. The van der Waals surface area contributed by atoms with Crippen LogP contribution in [0.25, 0.3) is 0 Å². The quantitative estimate of drug-likeness (QED) is 0.202. The molecule has 0 aliphatic heterocycles. The van der Waals surface area contributed by atoms with E-state index in [4.69, 9.17) is 30.6 Å². The molecule has 266 valence electrons. The maximum absolute atomic E-state index is 8.40. The molecule has 13 heteroatoms. The van der Waals surface area contributed by atoms with Crippen LogP contribution in [0.4, 0.5) is 0 Å². The van der Waals surface area contributed by atoms with Crippen LogP contribution < -0.4 is 0 Å². The second-order valence-electron chi connectivity index (χ2n) is 16.3. The minimum atomic E-state index is 0. The molecule has 0 aromatic rings. The van der Waals surface area contributed by atoms with Gasteiger partial charge >= 0.3 is 47.8 Å². The molecule has 0 saturated heterocycles. The van der Waals surface area contributed by atoms with E-state index in [0.717, 1.165) is 0 Å². The van der Waals surface area contributed by atoms with Crippen molar-refractivity contribution in [1.82, 2.24) is 0 Å². The van der Waals surface area contributed by atoms with Crippen LogP contribution in [0, 0.1) is 32.5 Å². The Morgan fingerprint density at radius 2 is 0.279 bits per heavy atom. The SMILES string of the molecule is CC(C)(C)CO.CC(C)(C)CO.CC(C)(C)CO.CC(C)(C)CO.CC(C)(C)CO.CC(C)(C)CO.O.O.[SnH].[SnH].[Sn].[Sn].[Sn]. The van der Waals surface area contributed by atoms with Crippen LogP contribution in [-0.2, 0) is 0 Å². The Balaban J connectivity index is -0.0000000221. The molecule has 0 fully saturated rings. The van der Waals surface area contributed by atoms with E-state index >= 15 is 0 Å². The van der Waals surface area contributed by atoms with E-state index in [1.54, 1.807) is 0 Å². The van der Waals surface area contributed by atoms with Crippen molar-refractivity contribution < 1.29 is 41.6 Å². The minimum Gasteiger partial charge on any atom is 0 e. The fraction of sp³-hybridized carbons (Fsp3) is 1.00. The summed E-state index contributed by atoms with van der Waals surface area (Å²) in [6, 6.07) is 0. The van der Waals surface area contributed by atoms with Crippen LogP contribution in [0.2, 0.25) is 0 Å². The zero-order chi connectivity index (χ0) is 31.2. The summed E-state index contributed by atoms with van der Waals surface area (Å²) in [5.74, 6) is 0. The average Bonchev–Trinajstić information content (AvgIpc) is 2.67. The molecule has 0 saturated carbocycles. The molecule has 0 aliphatic carbocycles. The number of hydrogen-bond acceptors (Lipinski definition) is 6. The van der Waals surface area contributed by atoms with Crippen LogP contribution in [0.15, 0.2) is 0 Å². The third-order valence-corrected chi connectivity index (χ3v) is 2.85. The van der Waals surface area contributed by atoms with Crippen molar-refractivity contribution in [3.63, 3.8) is 0 Å². The topological polar surface area (TPSA) is 184 Å². The van der Waals surface area contributed by atoms with Crippen LogP contribution in [-0.4, -0.2) is 201 Å². The van der Waals surface area contributed by atoms with Gasteiger partial charge in [0.05, 0.1) is 0 Å². The first-order chi connectivity index (χ1) is 15.4. The number of aliphatic hydroxyl groups is 6. The predicted octanol–water partition coefficient (Wildman–Crippen LogP) is 2.06. The fourth-order valence-electron chi connectivity index (χ4n) is 0. The van der Waals surface area contributed by atoms with Crippen molar-refractivity contribution in [2.24, 2.45) is 32.5 Å². The Labute approximate surface area is 353 Å². The summed E-state index contributed by atoms with van der Waals surface area (Å²) < 4.78 is 0. The van der Waals surface area contributed by atoms with Crippen LogP contribution in [0.5, 0.6) is 0 Å². The summed E-state index contributed by atoms with van der Waals surface area (Å²) in [5.41, 5.74) is 0.583. The molecule has 43 heavy (non-hydrogen) atoms. The third kappa shape index (κ3) is 185. The second-order valence-corrected chi connectivity index (χ2v) is 16.3. The van der Waals surface area contributed by atoms with Crippen molar-refractivity contribution in [2.75, 3.05) is 39.6 Å². The first-order valence-electron chi connectivity index (χ1n) is 13.0. The van der Waals surface area contributed by atoms with Crippen LogP contribution in [0.1, 0.15) is 125 Å². The summed E-state index contributed by atoms with van der Waals surface area (Å²) in [7, 11) is 0. The number of rotatable bonds is 0. The van der Waals surface area contributed by atoms with E-state index in [9.17, 15) is 0 Å². The molecular weight excluding hydrogens is 1080 g/mol. The first-order valence-corrected chi connectivity index (χ1v) is 13.0. The summed E-state index contributed by atoms with van der Waals surface area (Å²) in [5, 5.41) is 50.4. The van der Waals surface area contributed by atoms with Gasteiger partial charge in [-0.1, -0.05) is 125 Å². The molecule has 0 bridgehead atoms. The average molecular weight is 1160 g/mol. The zero-order valence-electron chi connectivity index (χ0n) is 31.6. The molecule has 0 aromatic heterocycles. The molecule has 0 heterocycles. The van der Waals surface area contributed by atoms with Gasteiger partial charge in [0.2, 0.25) is 0 Å². The third-order valence-electron chi connectivity index (χ3n) is 2.85. The van der Waals surface area contributed by atoms with E-state index in [2.05, 4.69) is 0 Å². The summed E-state index contributed by atoms with van der Waals surface area (Å²) in [4.78, 5) is 0. The molecule has 0 atom stereocenters. The van der Waals surface area contributed by atoms with Gasteiger partial charge < -0.3 is 41.6 Å². The molecule has 8 nitrogen and oxygen atoms in total. The maximum atomic E-state index is 8.40. The minimum absolute atomic E-state index is 0. The Bertz CT molecular complexity index is 338. The van der Waals surface area contributed by atoms with E-state index in [1.165, 1.54) is 0 Å². The van der Waals surface area contributed by atoms with Gasteiger partial charge in [-0.3, -0.25) is 0 Å². The largest absolute Gasteiger partial charge is 0 e. The van der Waals surface area contributed by atoms with Gasteiger partial charge in [0.25, 0.3) is 0 Å². The van der Waals surface area contributed by atoms with Crippen molar-refractivity contribution in [3.8, 4) is 0 Å². The van der Waals surface area contributed by atoms with Gasteiger partial charge in [0.1, 0.15) is 0 Å². The first kappa shape index (κ1) is 85.9. The molecule has 0 spiro atoms. The molecule has 0 aliphatic rings. The molecular formula is C30H78O8Sn5. The number of hydrogen-bond donors (Lipinski definition) is 6. The van der Waals surface area contributed by atoms with Crippen LogP contribution >= 0.6 is 0 Å². The Morgan fingerprint density at radius 1 is 0.256 bits per heavy atom. The van der Waals surface area contributed by atoms with Gasteiger partial charge in [-0.25, -0.2) is 0 Å². The normalized spacial score (nSPS) is 10.0. The van der Waals surface area contributed by atoms with Crippen molar-refractivity contribution in [3.05, 3.63) is 0 Å². The zero-order valence-corrected chi connectivity index (χ0v) is 46.7. The fourth-order valence-corrected chi connectivity index (χ4v) is 0. The van der Waals surface area contributed by atoms with Crippen molar-refractivity contribution in [1.29, 1.82) is 0 Å². The molecule has 18 radical (unpaired) electrons. The Hall–Kier alpha value is 3.67. The van der Waals surface area contributed by atoms with E-state index in [0.29, 0.717) is 0 Å². The van der Waals surface area contributed by atoms with Crippen LogP contribution in [0.3, 0.4) is 0 Å². The Kier molecular flexibility index (Phi) is 87.3. The second kappa shape index (κ2) is 43.7. The Morgan fingerprint density at radius 3 is 0.279 bits per heavy atom. The van der Waals surface area contributed by atoms with Crippen molar-refractivity contribution in [2.45, 2.75) is 125 Å². The predicted molar refractivity (Wildman–Crippen MR) is 198 cm³/mol. The van der Waals surface area contributed by atoms with Gasteiger partial charge in [-0.15, -0.1) is 0 Å². The molecule has 10 N–H and O–H groups in total. The van der Waals surface area contributed by atoms with E-state index < -0.39 is 0 Å². The summed E-state index contributed by atoms with van der Waals surface area (Å²) in [6.45, 7) is 37.5. The number of aliphatic hydroxyl groups excluding tert-OH is 6. The standard InChI is InChI=1S/6C5H12O.2H2O.5Sn.2H/c6*1-5(2,3)4-6;;;;;;;;;/h6*6H,4H2,1-3H3;2*1H2;;;;;;;. The smallest absolute Gasteiger partial charge is 0 e. The van der Waals surface area contributed by atoms with Crippen molar-refractivity contribution >= 4 is 120 Å². The van der Waals surface area contributed by atoms with E-state index in [-0.39, 0.29) is 203 Å². The van der Waals surface area contributed by atoms with E-state index in [1.807, 2.05) is 125 Å².